The van der Waals surface area contributed by atoms with Gasteiger partial charge in [0, 0.05) is 86.3 Å². The van der Waals surface area contributed by atoms with E-state index in [2.05, 4.69) is 25.0 Å². The third-order valence-corrected chi connectivity index (χ3v) is 11.6. The number of anilines is 1. The van der Waals surface area contributed by atoms with Crippen LogP contribution in [0, 0.1) is 10.8 Å². The van der Waals surface area contributed by atoms with Gasteiger partial charge in [0.25, 0.3) is 0 Å². The number of hydrogen-bond donors (Lipinski definition) is 5. The number of rotatable bonds is 5. The third-order valence-electron chi connectivity index (χ3n) is 11.6. The maximum absolute atomic E-state index is 10.3. The zero-order valence-electron chi connectivity index (χ0n) is 23.7. The number of phenolic OH excluding ortho intramolecular Hbond substituents is 1. The second kappa shape index (κ2) is 9.24. The van der Waals surface area contributed by atoms with Gasteiger partial charge in [0.05, 0.1) is 0 Å². The van der Waals surface area contributed by atoms with Gasteiger partial charge in [-0.3, -0.25) is 9.80 Å². The number of phenols is 1. The highest BCUT2D eigenvalue weighted by Crippen LogP contribution is 2.55. The summed E-state index contributed by atoms with van der Waals surface area (Å²) in [6.07, 6.45) is 11.2. The van der Waals surface area contributed by atoms with Crippen molar-refractivity contribution in [2.75, 3.05) is 51.5 Å². The summed E-state index contributed by atoms with van der Waals surface area (Å²) >= 11 is 0. The van der Waals surface area contributed by atoms with Gasteiger partial charge in [-0.25, -0.2) is 0 Å². The van der Waals surface area contributed by atoms with Crippen molar-refractivity contribution in [1.29, 1.82) is 0 Å². The van der Waals surface area contributed by atoms with Crippen molar-refractivity contribution < 1.29 is 5.11 Å². The quantitative estimate of drug-likeness (QED) is 0.395. The van der Waals surface area contributed by atoms with Gasteiger partial charge in [-0.1, -0.05) is 12.1 Å². The molecule has 5 fully saturated rings. The summed E-state index contributed by atoms with van der Waals surface area (Å²) in [5.74, 6) is 0.864. The summed E-state index contributed by atoms with van der Waals surface area (Å²) in [5, 5.41) is 13.7. The first-order valence-corrected chi connectivity index (χ1v) is 15.6. The Hall–Kier alpha value is -2.52. The summed E-state index contributed by atoms with van der Waals surface area (Å²) in [7, 11) is 0. The van der Waals surface area contributed by atoms with Crippen LogP contribution in [-0.2, 0) is 13.0 Å². The van der Waals surface area contributed by atoms with Gasteiger partial charge in [0.2, 0.25) is 0 Å². The average Bonchev–Trinajstić information content (AvgIpc) is 3.16. The topological polar surface area (TPSA) is 110 Å². The smallest absolute Gasteiger partial charge is 0.124 e. The number of hydrogen-bond acceptors (Lipinski definition) is 7. The predicted octanol–water partition coefficient (Wildman–Crippen LogP) is 2.80. The number of aromatic amines is 1. The first kappa shape index (κ1) is 25.2. The molecule has 3 saturated heterocycles. The fraction of sp³-hybridized carbons (Fsp3) is 0.625. The number of nitrogens with two attached hydrogens (primary N) is 2. The molecular formula is C32H45N7O. The van der Waals surface area contributed by atoms with E-state index in [0.29, 0.717) is 34.0 Å². The number of benzene rings is 1. The second-order valence-electron chi connectivity index (χ2n) is 14.1. The van der Waals surface area contributed by atoms with Gasteiger partial charge in [-0.05, 0) is 86.2 Å². The standard InChI is InChI=1S/C32H45N7O/c33-27(24-3-1-2-4-29(24)40)11-25-26-16-38(10-7-28(26)36-30(25)34)21-5-8-37(9-6-21)22-14-32(15-22)19-39(20-32)23-12-31(13-23)17-35-18-31/h1-4,11,21-23,35-36,40H,5-10,12-20,33-34H2/b27-11-. The summed E-state index contributed by atoms with van der Waals surface area (Å²) in [6, 6.07) is 9.55. The molecule has 2 aromatic rings. The highest BCUT2D eigenvalue weighted by molar-refractivity contribution is 5.86. The molecule has 0 bridgehead atoms. The van der Waals surface area contributed by atoms with E-state index in [9.17, 15) is 5.11 Å². The molecule has 8 rings (SSSR count). The van der Waals surface area contributed by atoms with E-state index in [1.807, 2.05) is 24.3 Å². The Balaban J connectivity index is 0.846. The van der Waals surface area contributed by atoms with Gasteiger partial charge in [-0.2, -0.15) is 0 Å². The molecule has 214 valence electrons. The van der Waals surface area contributed by atoms with Gasteiger partial charge >= 0.3 is 0 Å². The van der Waals surface area contributed by atoms with Gasteiger partial charge in [-0.15, -0.1) is 0 Å². The first-order chi connectivity index (χ1) is 19.4. The van der Waals surface area contributed by atoms with Crippen LogP contribution >= 0.6 is 0 Å². The Morgan fingerprint density at radius 1 is 0.900 bits per heavy atom. The van der Waals surface area contributed by atoms with E-state index in [4.69, 9.17) is 11.5 Å². The first-order valence-electron chi connectivity index (χ1n) is 15.6. The summed E-state index contributed by atoms with van der Waals surface area (Å²) < 4.78 is 0. The van der Waals surface area contributed by atoms with Crippen molar-refractivity contribution in [3.63, 3.8) is 0 Å². The molecule has 7 N–H and O–H groups in total. The predicted molar refractivity (Wildman–Crippen MR) is 159 cm³/mol. The zero-order chi connectivity index (χ0) is 27.1. The normalized spacial score (nSPS) is 29.0. The van der Waals surface area contributed by atoms with Crippen molar-refractivity contribution in [3.05, 3.63) is 46.6 Å². The minimum atomic E-state index is 0.192. The fourth-order valence-electron chi connectivity index (χ4n) is 9.10. The molecule has 8 heteroatoms. The average molecular weight is 544 g/mol. The molecule has 2 aliphatic carbocycles. The van der Waals surface area contributed by atoms with E-state index in [1.165, 1.54) is 89.1 Å². The molecule has 40 heavy (non-hydrogen) atoms. The summed E-state index contributed by atoms with van der Waals surface area (Å²) in [4.78, 5) is 11.7. The van der Waals surface area contributed by atoms with Crippen LogP contribution in [-0.4, -0.2) is 88.7 Å². The lowest BCUT2D eigenvalue weighted by atomic mass is 9.56. The Morgan fingerprint density at radius 3 is 2.30 bits per heavy atom. The van der Waals surface area contributed by atoms with Crippen LogP contribution in [0.1, 0.15) is 60.9 Å². The van der Waals surface area contributed by atoms with Crippen LogP contribution in [0.5, 0.6) is 5.75 Å². The molecule has 2 saturated carbocycles. The SMILES string of the molecule is N/C(=C\c1c(N)[nH]c2c1CN(C1CCN(C3CC4(C3)CN(C3CC5(CNC5)C3)C4)CC1)CC2)c1ccccc1O. The number of nitrogens with zero attached hydrogens (tertiary/aromatic N) is 3. The zero-order valence-corrected chi connectivity index (χ0v) is 23.7. The minimum absolute atomic E-state index is 0.192. The highest BCUT2D eigenvalue weighted by Gasteiger charge is 2.59. The lowest BCUT2D eigenvalue weighted by Crippen LogP contribution is -2.73. The molecule has 0 radical (unpaired) electrons. The van der Waals surface area contributed by atoms with Gasteiger partial charge in [0.1, 0.15) is 11.6 Å². The summed E-state index contributed by atoms with van der Waals surface area (Å²) in [5.41, 5.74) is 18.9. The lowest BCUT2D eigenvalue weighted by molar-refractivity contribution is -0.163. The van der Waals surface area contributed by atoms with Gasteiger partial charge < -0.3 is 31.8 Å². The largest absolute Gasteiger partial charge is 0.507 e. The van der Waals surface area contributed by atoms with Crippen molar-refractivity contribution in [1.82, 2.24) is 25.0 Å². The van der Waals surface area contributed by atoms with Crippen LogP contribution < -0.4 is 16.8 Å². The van der Waals surface area contributed by atoms with Crippen molar-refractivity contribution in [3.8, 4) is 5.75 Å². The van der Waals surface area contributed by atoms with Crippen LogP contribution in [0.25, 0.3) is 11.8 Å². The number of aromatic nitrogens is 1. The Bertz CT molecular complexity index is 1300. The Morgan fingerprint density at radius 2 is 1.60 bits per heavy atom. The fourth-order valence-corrected chi connectivity index (χ4v) is 9.10. The molecule has 4 aliphatic heterocycles. The van der Waals surface area contributed by atoms with E-state index >= 15 is 0 Å². The summed E-state index contributed by atoms with van der Waals surface area (Å²) in [6.45, 7) is 9.74. The number of para-hydroxylation sites is 1. The van der Waals surface area contributed by atoms with Crippen molar-refractivity contribution in [2.45, 2.75) is 69.6 Å². The number of likely N-dealkylation sites (tertiary alicyclic amines) is 2. The molecule has 0 unspecified atom stereocenters. The van der Waals surface area contributed by atoms with Crippen LogP contribution in [0.4, 0.5) is 5.82 Å². The molecule has 2 spiro atoms. The molecule has 8 nitrogen and oxygen atoms in total. The maximum atomic E-state index is 10.3. The molecule has 0 atom stereocenters. The second-order valence-corrected chi connectivity index (χ2v) is 14.1. The highest BCUT2D eigenvalue weighted by atomic mass is 16.3. The van der Waals surface area contributed by atoms with Gasteiger partial charge in [0.15, 0.2) is 0 Å². The molecule has 6 aliphatic rings. The molecule has 1 aromatic carbocycles. The minimum Gasteiger partial charge on any atom is -0.507 e. The maximum Gasteiger partial charge on any atom is 0.124 e. The van der Waals surface area contributed by atoms with Crippen LogP contribution in [0.2, 0.25) is 0 Å². The number of nitrogens with one attached hydrogen (secondary N) is 2. The van der Waals surface area contributed by atoms with Crippen LogP contribution in [0.15, 0.2) is 24.3 Å². The van der Waals surface area contributed by atoms with E-state index < -0.39 is 0 Å². The number of fused-ring (bicyclic) bond motifs is 1. The number of H-pyrrole nitrogens is 1. The third kappa shape index (κ3) is 4.10. The monoisotopic (exact) mass is 543 g/mol. The molecule has 1 aromatic heterocycles. The number of piperidine rings is 1. The van der Waals surface area contributed by atoms with Crippen molar-refractivity contribution >= 4 is 17.6 Å². The Kier molecular flexibility index (Phi) is 5.83. The lowest BCUT2D eigenvalue weighted by Gasteiger charge is -2.67. The number of nitrogen functional groups attached to an aromatic ring is 1. The van der Waals surface area contributed by atoms with Crippen molar-refractivity contribution in [2.24, 2.45) is 16.6 Å². The molecule has 5 heterocycles. The van der Waals surface area contributed by atoms with E-state index in [1.54, 1.807) is 6.07 Å². The molecular weight excluding hydrogens is 498 g/mol. The molecule has 0 amide bonds. The van der Waals surface area contributed by atoms with Crippen LogP contribution in [0.3, 0.4) is 0 Å². The van der Waals surface area contributed by atoms with E-state index in [-0.39, 0.29) is 5.75 Å². The Labute approximate surface area is 237 Å². The van der Waals surface area contributed by atoms with E-state index in [0.717, 1.165) is 37.2 Å². The number of aromatic hydroxyl groups is 1.